The number of carbonyl (C=O) groups is 1. The molecule has 6 aliphatic rings. The van der Waals surface area contributed by atoms with Gasteiger partial charge in [-0.1, -0.05) is 54.6 Å². The molecule has 13 nitrogen and oxygen atoms in total. The van der Waals surface area contributed by atoms with Crippen molar-refractivity contribution in [3.8, 4) is 45.9 Å². The number of thiophene rings is 2. The lowest BCUT2D eigenvalue weighted by molar-refractivity contribution is -0.313. The zero-order valence-electron chi connectivity index (χ0n) is 49.1. The Morgan fingerprint density at radius 1 is 0.600 bits per heavy atom. The predicted octanol–water partition coefficient (Wildman–Crippen LogP) is 14.4. The number of hydrogen-bond acceptors (Lipinski definition) is 16. The number of halogens is 10. The van der Waals surface area contributed by atoms with Gasteiger partial charge < -0.3 is 32.0 Å². The first kappa shape index (κ1) is 65.8. The van der Waals surface area contributed by atoms with Gasteiger partial charge in [0.15, 0.2) is 32.6 Å². The lowest BCUT2D eigenvalue weighted by Crippen LogP contribution is -2.72. The Labute approximate surface area is 529 Å². The van der Waals surface area contributed by atoms with Crippen LogP contribution in [0, 0.1) is 35.3 Å². The fourth-order valence-electron chi connectivity index (χ4n) is 12.2. The average Bonchev–Trinajstić information content (AvgIpc) is 0.727. The van der Waals surface area contributed by atoms with Gasteiger partial charge in [-0.3, -0.25) is 14.8 Å². The van der Waals surface area contributed by atoms with Crippen LogP contribution < -0.4 is 22.5 Å². The zero-order chi connectivity index (χ0) is 64.9. The molecule has 3 fully saturated rings. The molecule has 3 spiro atoms. The average molecular weight is 1320 g/mol. The zero-order valence-corrected chi connectivity index (χ0v) is 52.3. The highest BCUT2D eigenvalue weighted by Gasteiger charge is 2.79. The van der Waals surface area contributed by atoms with Gasteiger partial charge in [-0.15, -0.1) is 34.5 Å². The molecule has 7 N–H and O–H groups in total. The van der Waals surface area contributed by atoms with Gasteiger partial charge in [0.2, 0.25) is 0 Å². The topological polar surface area (TPSA) is 201 Å². The number of ether oxygens (including phenoxy) is 2. The van der Waals surface area contributed by atoms with Crippen molar-refractivity contribution in [2.24, 2.45) is 32.2 Å². The number of amidine groups is 3. The monoisotopic (exact) mass is 1320 g/mol. The molecule has 27 heteroatoms. The normalized spacial score (nSPS) is 25.0. The largest absolute Gasteiger partial charge is 0.452 e. The van der Waals surface area contributed by atoms with E-state index in [0.29, 0.717) is 35.8 Å². The maximum Gasteiger partial charge on any atom is 0.316 e. The van der Waals surface area contributed by atoms with Gasteiger partial charge in [-0.2, -0.15) is 8.78 Å². The highest BCUT2D eigenvalue weighted by Crippen LogP contribution is 2.65. The van der Waals surface area contributed by atoms with Crippen molar-refractivity contribution < 1.29 is 58.2 Å². The lowest BCUT2D eigenvalue weighted by Gasteiger charge is -2.56. The summed E-state index contributed by atoms with van der Waals surface area (Å²) >= 11 is 4.66. The van der Waals surface area contributed by atoms with Crippen molar-refractivity contribution in [2.75, 3.05) is 18.5 Å². The van der Waals surface area contributed by atoms with E-state index in [1.165, 1.54) is 36.5 Å². The second-order valence-electron chi connectivity index (χ2n) is 23.0. The first-order valence-electron chi connectivity index (χ1n) is 28.3. The summed E-state index contributed by atoms with van der Waals surface area (Å²) in [5.41, 5.74) is 12.9. The Morgan fingerprint density at radius 3 is 1.61 bits per heavy atom. The molecule has 3 unspecified atom stereocenters. The molecule has 1 aromatic carbocycles. The molecule has 3 atom stereocenters. The van der Waals surface area contributed by atoms with Crippen molar-refractivity contribution >= 4 is 74.1 Å². The predicted molar refractivity (Wildman–Crippen MR) is 332 cm³/mol. The van der Waals surface area contributed by atoms with Crippen LogP contribution >= 0.6 is 46.2 Å². The van der Waals surface area contributed by atoms with Crippen LogP contribution in [0.15, 0.2) is 111 Å². The quantitative estimate of drug-likeness (QED) is 0.0875. The summed E-state index contributed by atoms with van der Waals surface area (Å²) in [6.07, 6.45) is 9.03. The number of alkyl halides is 8. The van der Waals surface area contributed by atoms with E-state index >= 15 is 26.3 Å². The van der Waals surface area contributed by atoms with Gasteiger partial charge in [-0.25, -0.2) is 55.1 Å². The van der Waals surface area contributed by atoms with Gasteiger partial charge in [0, 0.05) is 81.3 Å². The summed E-state index contributed by atoms with van der Waals surface area (Å²) in [6.45, 7) is 8.01. The summed E-state index contributed by atoms with van der Waals surface area (Å²) in [4.78, 5) is 37.5. The van der Waals surface area contributed by atoms with Gasteiger partial charge >= 0.3 is 5.92 Å². The number of rotatable bonds is 7. The van der Waals surface area contributed by atoms with Crippen LogP contribution in [0.2, 0.25) is 0 Å². The third-order valence-corrected chi connectivity index (χ3v) is 22.0. The van der Waals surface area contributed by atoms with Crippen LogP contribution in [0.25, 0.3) is 22.3 Å². The molecule has 1 saturated heterocycles. The summed E-state index contributed by atoms with van der Waals surface area (Å²) < 4.78 is 157. The number of amides is 1. The Morgan fingerprint density at radius 2 is 1.12 bits per heavy atom. The summed E-state index contributed by atoms with van der Waals surface area (Å²) in [7, 11) is 0. The molecule has 0 bridgehead atoms. The van der Waals surface area contributed by atoms with Crippen molar-refractivity contribution in [3.05, 3.63) is 140 Å². The lowest BCUT2D eigenvalue weighted by atomic mass is 9.64. The van der Waals surface area contributed by atoms with Crippen LogP contribution in [0.4, 0.5) is 49.6 Å². The van der Waals surface area contributed by atoms with E-state index in [1.807, 2.05) is 29.0 Å². The molecule has 2 saturated carbocycles. The molecule has 12 rings (SSSR count). The second-order valence-corrected chi connectivity index (χ2v) is 27.7. The second kappa shape index (κ2) is 24.5. The third-order valence-electron chi connectivity index (χ3n) is 17.1. The van der Waals surface area contributed by atoms with Crippen molar-refractivity contribution in [1.29, 1.82) is 0 Å². The molecule has 9 heterocycles. The van der Waals surface area contributed by atoms with Crippen molar-refractivity contribution in [3.63, 3.8) is 0 Å². The fraction of sp³-hybridized carbons (Fsp3) is 0.413. The maximum atomic E-state index is 16.0. The van der Waals surface area contributed by atoms with E-state index < -0.39 is 97.4 Å². The summed E-state index contributed by atoms with van der Waals surface area (Å²) in [6, 6.07) is 11.5. The number of aromatic nitrogens is 3. The number of thioether (sulfide) groups is 2. The standard InChI is InChI=1S/C22H23F2N3S2.C21H21F2N3OS2.C20H16F6N4O2/c1-3-7-15-10-16(13-26-12-15)17-11-18(28-14-17)20(2)22(23,24)21(29-19(25)27-20)8-5-4-6-9-21;1-3-4-14-9-15(12-25-11-14)16-10-17(28-13-16)19(2)21(22,23)20(29-18(24)26-19)5-7-27-8-6-20;1-17(20(25,26)18(32-16(27)30-17)8-19(23,24)9-18)12-6-11(3-4-13(12)22)29-15(31)14-5-2-10(21)7-28-14/h10-14H,4-6,8-9H2,1-2H3,(H2,25,27);9-13H,5-8H2,1-2H3,(H2,24,26);2-7H,8-9H2,1H3,(H2,27,30)(H,29,31). The Bertz CT molecular complexity index is 3790. The highest BCUT2D eigenvalue weighted by atomic mass is 32.2. The van der Waals surface area contributed by atoms with Crippen LogP contribution in [-0.2, 0) is 26.1 Å². The number of nitrogens with zero attached hydrogens (tertiary/aromatic N) is 6. The van der Waals surface area contributed by atoms with Crippen molar-refractivity contribution in [1.82, 2.24) is 15.0 Å². The van der Waals surface area contributed by atoms with Crippen molar-refractivity contribution in [2.45, 2.75) is 148 Å². The highest BCUT2D eigenvalue weighted by molar-refractivity contribution is 8.15. The van der Waals surface area contributed by atoms with Gasteiger partial charge in [0.05, 0.1) is 28.5 Å². The van der Waals surface area contributed by atoms with E-state index in [2.05, 4.69) is 58.9 Å². The number of carbonyl (C=O) groups excluding carboxylic acids is 1. The first-order valence-corrected chi connectivity index (χ1v) is 31.7. The van der Waals surface area contributed by atoms with E-state index in [0.717, 1.165) is 120 Å². The molecule has 474 valence electrons. The molecule has 0 radical (unpaired) electrons. The van der Waals surface area contributed by atoms with Crippen LogP contribution in [0.5, 0.6) is 0 Å². The minimum Gasteiger partial charge on any atom is -0.452 e. The molecule has 90 heavy (non-hydrogen) atoms. The Balaban J connectivity index is 0.000000149. The van der Waals surface area contributed by atoms with E-state index in [4.69, 9.17) is 26.7 Å². The number of benzene rings is 1. The molecule has 4 aliphatic heterocycles. The van der Waals surface area contributed by atoms with Crippen LogP contribution in [0.1, 0.15) is 129 Å². The molecule has 2 aliphatic carbocycles. The van der Waals surface area contributed by atoms with Gasteiger partial charge in [0.1, 0.15) is 17.3 Å². The minimum atomic E-state index is -4.08. The molecule has 5 aromatic heterocycles. The number of hydrogen-bond donors (Lipinski definition) is 4. The SMILES string of the molecule is CC#Cc1cncc(-c2csc(C3(C)N=C(N)SC4(CCCCC4)C3(F)F)c2)c1.CC#Cc1cncc(-c2csc(C3(C)N=C(N)SC4(CCOCC4)C3(F)F)c2)c1.CC1(c2cc(NC(=O)c3ccc(F)cn3)ccc2F)N=C(N)OC2(CC(F)(F)C2)C1(F)F. The van der Waals surface area contributed by atoms with E-state index in [-0.39, 0.29) is 34.6 Å². The number of pyridine rings is 3. The molecular weight excluding hydrogens is 1260 g/mol. The molecule has 1 amide bonds. The van der Waals surface area contributed by atoms with Crippen LogP contribution in [-0.4, -0.2) is 89.2 Å². The van der Waals surface area contributed by atoms with Crippen LogP contribution in [0.3, 0.4) is 0 Å². The third kappa shape index (κ3) is 11.7. The molecular formula is C63H60F10N10O3S4. The smallest absolute Gasteiger partial charge is 0.316 e. The number of aliphatic imine (C=N–C) groups is 3. The van der Waals surface area contributed by atoms with E-state index in [9.17, 15) is 22.4 Å². The number of nitrogens with two attached hydrogens (primary N) is 3. The number of nitrogens with one attached hydrogen (secondary N) is 1. The van der Waals surface area contributed by atoms with Gasteiger partial charge in [-0.05, 0) is 137 Å². The Kier molecular flexibility index (Phi) is 17.9. The summed E-state index contributed by atoms with van der Waals surface area (Å²) in [5, 5.41) is 6.55. The molecule has 6 aromatic rings. The maximum absolute atomic E-state index is 16.0. The Hall–Kier alpha value is -7.17. The first-order chi connectivity index (χ1) is 42.4. The number of anilines is 1. The minimum absolute atomic E-state index is 0.109. The summed E-state index contributed by atoms with van der Waals surface area (Å²) in [5.74, 6) is -4.50. The van der Waals surface area contributed by atoms with E-state index in [1.54, 1.807) is 44.7 Å². The fourth-order valence-corrected chi connectivity index (χ4v) is 17.1. The van der Waals surface area contributed by atoms with Gasteiger partial charge in [0.25, 0.3) is 29.7 Å².